The minimum atomic E-state index is 0.483. The van der Waals surface area contributed by atoms with Crippen LogP contribution in [0.2, 0.25) is 0 Å². The van der Waals surface area contributed by atoms with Crippen molar-refractivity contribution >= 4 is 33.4 Å². The molecule has 0 unspecified atom stereocenters. The highest BCUT2D eigenvalue weighted by Gasteiger charge is 2.09. The van der Waals surface area contributed by atoms with Crippen molar-refractivity contribution in [3.8, 4) is 0 Å². The van der Waals surface area contributed by atoms with Gasteiger partial charge in [0.25, 0.3) is 0 Å². The Bertz CT molecular complexity index is 677. The number of rotatable bonds is 6. The van der Waals surface area contributed by atoms with E-state index in [1.807, 2.05) is 25.1 Å². The number of hydrogen-bond donors (Lipinski definition) is 2. The van der Waals surface area contributed by atoms with E-state index in [-0.39, 0.29) is 0 Å². The van der Waals surface area contributed by atoms with Gasteiger partial charge in [-0.15, -0.1) is 5.10 Å². The minimum Gasteiger partial charge on any atom is -0.379 e. The molecular weight excluding hydrogens is 372 g/mol. The second-order valence-electron chi connectivity index (χ2n) is 5.63. The quantitative estimate of drug-likeness (QED) is 0.781. The Hall–Kier alpha value is -1.77. The molecule has 128 valence electrons. The van der Waals surface area contributed by atoms with E-state index in [0.717, 1.165) is 60.9 Å². The number of hydrogen-bond acceptors (Lipinski definition) is 7. The van der Waals surface area contributed by atoms with Crippen molar-refractivity contribution in [2.75, 3.05) is 50.0 Å². The fourth-order valence-electron chi connectivity index (χ4n) is 2.50. The average molecular weight is 393 g/mol. The third kappa shape index (κ3) is 4.86. The van der Waals surface area contributed by atoms with Gasteiger partial charge in [-0.05, 0) is 30.7 Å². The third-order valence-electron chi connectivity index (χ3n) is 3.83. The average Bonchev–Trinajstić information content (AvgIpc) is 2.59. The summed E-state index contributed by atoms with van der Waals surface area (Å²) in [5.74, 6) is 1.20. The molecule has 0 atom stereocenters. The lowest BCUT2D eigenvalue weighted by molar-refractivity contribution is 0.0398. The molecule has 1 aromatic heterocycles. The second kappa shape index (κ2) is 8.36. The number of aryl methyl sites for hydroxylation is 1. The molecule has 3 rings (SSSR count). The van der Waals surface area contributed by atoms with Gasteiger partial charge in [0.1, 0.15) is 0 Å². The van der Waals surface area contributed by atoms with Crippen molar-refractivity contribution < 1.29 is 4.74 Å². The maximum atomic E-state index is 5.35. The molecule has 0 saturated carbocycles. The summed E-state index contributed by atoms with van der Waals surface area (Å²) in [5.41, 5.74) is 2.07. The molecule has 7 nitrogen and oxygen atoms in total. The summed E-state index contributed by atoms with van der Waals surface area (Å²) in [6.45, 7) is 7.41. The molecule has 0 radical (unpaired) electrons. The smallest absolute Gasteiger partial charge is 0.249 e. The number of nitrogens with one attached hydrogen (secondary N) is 2. The van der Waals surface area contributed by atoms with Crippen molar-refractivity contribution in [2.45, 2.75) is 6.92 Å². The highest BCUT2D eigenvalue weighted by atomic mass is 79.9. The predicted octanol–water partition coefficient (Wildman–Crippen LogP) is 2.43. The van der Waals surface area contributed by atoms with Crippen LogP contribution in [0.25, 0.3) is 0 Å². The van der Waals surface area contributed by atoms with Crippen molar-refractivity contribution in [1.82, 2.24) is 20.1 Å². The van der Waals surface area contributed by atoms with Crippen LogP contribution in [0.3, 0.4) is 0 Å². The zero-order valence-corrected chi connectivity index (χ0v) is 15.2. The van der Waals surface area contributed by atoms with Gasteiger partial charge in [-0.2, -0.15) is 10.1 Å². The van der Waals surface area contributed by atoms with Crippen molar-refractivity contribution in [3.63, 3.8) is 0 Å². The van der Waals surface area contributed by atoms with Crippen LogP contribution in [0.1, 0.15) is 5.56 Å². The Kier molecular flexibility index (Phi) is 5.95. The fourth-order valence-corrected chi connectivity index (χ4v) is 2.97. The molecule has 0 amide bonds. The van der Waals surface area contributed by atoms with Gasteiger partial charge < -0.3 is 15.4 Å². The molecule has 2 aromatic rings. The SMILES string of the molecule is Cc1cc(Br)ccc1Nc1nncc(NCCN2CCOCC2)n1. The summed E-state index contributed by atoms with van der Waals surface area (Å²) in [6, 6.07) is 6.01. The lowest BCUT2D eigenvalue weighted by Gasteiger charge is -2.26. The van der Waals surface area contributed by atoms with Crippen LogP contribution in [0, 0.1) is 6.92 Å². The standard InChI is InChI=1S/C16H21BrN6O/c1-12-10-13(17)2-3-14(12)20-16-21-15(11-19-22-16)18-4-5-23-6-8-24-9-7-23/h2-3,10-11H,4-9H2,1H3,(H2,18,20,21,22). The Morgan fingerprint density at radius 3 is 2.92 bits per heavy atom. The molecule has 0 spiro atoms. The number of halogens is 1. The Morgan fingerprint density at radius 1 is 1.29 bits per heavy atom. The van der Waals surface area contributed by atoms with Crippen LogP contribution in [-0.4, -0.2) is 59.5 Å². The molecule has 1 saturated heterocycles. The molecular formula is C16H21BrN6O. The maximum absolute atomic E-state index is 5.35. The molecule has 2 N–H and O–H groups in total. The zero-order valence-electron chi connectivity index (χ0n) is 13.6. The van der Waals surface area contributed by atoms with Gasteiger partial charge in [0, 0.05) is 36.3 Å². The van der Waals surface area contributed by atoms with E-state index in [1.54, 1.807) is 6.20 Å². The molecule has 1 aliphatic heterocycles. The van der Waals surface area contributed by atoms with Gasteiger partial charge in [-0.3, -0.25) is 4.90 Å². The first-order valence-corrected chi connectivity index (χ1v) is 8.77. The monoisotopic (exact) mass is 392 g/mol. The van der Waals surface area contributed by atoms with Gasteiger partial charge in [0.05, 0.1) is 19.4 Å². The van der Waals surface area contributed by atoms with Gasteiger partial charge in [0.15, 0.2) is 5.82 Å². The summed E-state index contributed by atoms with van der Waals surface area (Å²) >= 11 is 3.46. The van der Waals surface area contributed by atoms with E-state index in [2.05, 4.69) is 46.6 Å². The third-order valence-corrected chi connectivity index (χ3v) is 4.32. The Balaban J connectivity index is 1.55. The topological polar surface area (TPSA) is 75.2 Å². The van der Waals surface area contributed by atoms with Crippen LogP contribution in [0.5, 0.6) is 0 Å². The first kappa shape index (κ1) is 17.1. The number of ether oxygens (including phenoxy) is 1. The van der Waals surface area contributed by atoms with Crippen molar-refractivity contribution in [3.05, 3.63) is 34.4 Å². The van der Waals surface area contributed by atoms with Gasteiger partial charge >= 0.3 is 0 Å². The molecule has 1 aliphatic rings. The largest absolute Gasteiger partial charge is 0.379 e. The summed E-state index contributed by atoms with van der Waals surface area (Å²) in [5, 5.41) is 14.6. The van der Waals surface area contributed by atoms with Crippen LogP contribution in [0.15, 0.2) is 28.9 Å². The molecule has 2 heterocycles. The first-order chi connectivity index (χ1) is 11.7. The van der Waals surface area contributed by atoms with Gasteiger partial charge in [-0.1, -0.05) is 15.9 Å². The van der Waals surface area contributed by atoms with Crippen LogP contribution in [0.4, 0.5) is 17.5 Å². The van der Waals surface area contributed by atoms with Crippen molar-refractivity contribution in [2.24, 2.45) is 0 Å². The number of aromatic nitrogens is 3. The lowest BCUT2D eigenvalue weighted by Crippen LogP contribution is -2.39. The summed E-state index contributed by atoms with van der Waals surface area (Å²) in [6.07, 6.45) is 1.64. The zero-order chi connectivity index (χ0) is 16.8. The van der Waals surface area contributed by atoms with Crippen LogP contribution < -0.4 is 10.6 Å². The van der Waals surface area contributed by atoms with E-state index in [1.165, 1.54) is 0 Å². The normalized spacial score (nSPS) is 15.2. The first-order valence-electron chi connectivity index (χ1n) is 7.97. The van der Waals surface area contributed by atoms with Gasteiger partial charge in [0.2, 0.25) is 5.95 Å². The summed E-state index contributed by atoms with van der Waals surface area (Å²) in [4.78, 5) is 6.83. The molecule has 24 heavy (non-hydrogen) atoms. The van der Waals surface area contributed by atoms with E-state index >= 15 is 0 Å². The highest BCUT2D eigenvalue weighted by molar-refractivity contribution is 9.10. The van der Waals surface area contributed by atoms with E-state index < -0.39 is 0 Å². The number of benzene rings is 1. The van der Waals surface area contributed by atoms with E-state index in [9.17, 15) is 0 Å². The Morgan fingerprint density at radius 2 is 2.12 bits per heavy atom. The highest BCUT2D eigenvalue weighted by Crippen LogP contribution is 2.22. The van der Waals surface area contributed by atoms with Crippen molar-refractivity contribution in [1.29, 1.82) is 0 Å². The summed E-state index contributed by atoms with van der Waals surface area (Å²) < 4.78 is 6.39. The number of anilines is 3. The predicted molar refractivity (Wildman–Crippen MR) is 97.7 cm³/mol. The number of morpholine rings is 1. The molecule has 1 aromatic carbocycles. The maximum Gasteiger partial charge on any atom is 0.249 e. The Labute approximate surface area is 150 Å². The second-order valence-corrected chi connectivity index (χ2v) is 6.55. The lowest BCUT2D eigenvalue weighted by atomic mass is 10.2. The fraction of sp³-hybridized carbons (Fsp3) is 0.438. The number of nitrogens with zero attached hydrogens (tertiary/aromatic N) is 4. The van der Waals surface area contributed by atoms with E-state index in [0.29, 0.717) is 5.95 Å². The van der Waals surface area contributed by atoms with Crippen LogP contribution >= 0.6 is 15.9 Å². The minimum absolute atomic E-state index is 0.483. The molecule has 0 bridgehead atoms. The van der Waals surface area contributed by atoms with E-state index in [4.69, 9.17) is 4.74 Å². The van der Waals surface area contributed by atoms with Gasteiger partial charge in [-0.25, -0.2) is 0 Å². The molecule has 8 heteroatoms. The molecule has 0 aliphatic carbocycles. The summed E-state index contributed by atoms with van der Waals surface area (Å²) in [7, 11) is 0. The molecule has 1 fully saturated rings. The van der Waals surface area contributed by atoms with Crippen LogP contribution in [-0.2, 0) is 4.74 Å².